The van der Waals surface area contributed by atoms with Gasteiger partial charge in [-0.3, -0.25) is 4.98 Å². The van der Waals surface area contributed by atoms with Crippen molar-refractivity contribution in [2.75, 3.05) is 6.54 Å². The van der Waals surface area contributed by atoms with Gasteiger partial charge in [0, 0.05) is 28.8 Å². The maximum Gasteiger partial charge on any atom is 0.0451 e. The third-order valence-electron chi connectivity index (χ3n) is 3.65. The van der Waals surface area contributed by atoms with E-state index in [4.69, 9.17) is 0 Å². The van der Waals surface area contributed by atoms with Gasteiger partial charge in [0.2, 0.25) is 0 Å². The smallest absolute Gasteiger partial charge is 0.0451 e. The number of benzene rings is 1. The van der Waals surface area contributed by atoms with Crippen molar-refractivity contribution in [1.29, 1.82) is 0 Å². The van der Waals surface area contributed by atoms with Crippen LogP contribution in [-0.2, 0) is 6.42 Å². The fourth-order valence-corrected chi connectivity index (χ4v) is 2.85. The molecule has 106 valence electrons. The highest BCUT2D eigenvalue weighted by Gasteiger charge is 2.16. The van der Waals surface area contributed by atoms with Gasteiger partial charge < -0.3 is 5.32 Å². The van der Waals surface area contributed by atoms with Gasteiger partial charge in [-0.15, -0.1) is 0 Å². The van der Waals surface area contributed by atoms with Crippen LogP contribution < -0.4 is 5.32 Å². The molecule has 0 aliphatic carbocycles. The fraction of sp³-hybridized carbons (Fsp3) is 0.353. The van der Waals surface area contributed by atoms with E-state index in [0.29, 0.717) is 6.04 Å². The Kier molecular flexibility index (Phi) is 5.32. The van der Waals surface area contributed by atoms with Crippen LogP contribution in [0.15, 0.2) is 41.0 Å². The molecule has 0 amide bonds. The van der Waals surface area contributed by atoms with Gasteiger partial charge in [0.15, 0.2) is 0 Å². The first-order valence-corrected chi connectivity index (χ1v) is 7.81. The Morgan fingerprint density at radius 3 is 2.70 bits per heavy atom. The molecule has 0 saturated heterocycles. The number of pyridine rings is 1. The number of likely N-dealkylation sites (N-methyl/N-ethyl adjacent to an activating group) is 1. The average Bonchev–Trinajstić information content (AvgIpc) is 2.44. The van der Waals surface area contributed by atoms with Crippen LogP contribution in [0, 0.1) is 13.8 Å². The number of hydrogen-bond acceptors (Lipinski definition) is 2. The number of aromatic nitrogens is 1. The average molecular weight is 333 g/mol. The van der Waals surface area contributed by atoms with E-state index >= 15 is 0 Å². The molecule has 0 aliphatic rings. The van der Waals surface area contributed by atoms with Crippen molar-refractivity contribution < 1.29 is 0 Å². The molecule has 0 aliphatic heterocycles. The van der Waals surface area contributed by atoms with Gasteiger partial charge in [0.25, 0.3) is 0 Å². The lowest BCUT2D eigenvalue weighted by molar-refractivity contribution is 0.540. The molecule has 0 spiro atoms. The summed E-state index contributed by atoms with van der Waals surface area (Å²) in [4.78, 5) is 4.53. The number of rotatable bonds is 5. The molecule has 0 bridgehead atoms. The number of hydrogen-bond donors (Lipinski definition) is 1. The normalized spacial score (nSPS) is 12.4. The molecule has 1 atom stereocenters. The van der Waals surface area contributed by atoms with Gasteiger partial charge in [0.1, 0.15) is 0 Å². The number of aryl methyl sites for hydroxylation is 1. The predicted octanol–water partition coefficient (Wildman–Crippen LogP) is 4.35. The second-order valence-corrected chi connectivity index (χ2v) is 5.89. The minimum Gasteiger partial charge on any atom is -0.310 e. The van der Waals surface area contributed by atoms with Crippen molar-refractivity contribution in [1.82, 2.24) is 10.3 Å². The van der Waals surface area contributed by atoms with Crippen LogP contribution in [0.3, 0.4) is 0 Å². The summed E-state index contributed by atoms with van der Waals surface area (Å²) >= 11 is 3.62. The fourth-order valence-electron chi connectivity index (χ4n) is 2.47. The van der Waals surface area contributed by atoms with Gasteiger partial charge in [0.05, 0.1) is 0 Å². The summed E-state index contributed by atoms with van der Waals surface area (Å²) in [6.45, 7) is 7.38. The van der Waals surface area contributed by atoms with Gasteiger partial charge in [-0.25, -0.2) is 0 Å². The number of nitrogens with zero attached hydrogens (tertiary/aromatic N) is 1. The molecule has 0 radical (unpaired) electrons. The summed E-state index contributed by atoms with van der Waals surface area (Å²) in [5.74, 6) is 0. The molecular formula is C17H21BrN2. The maximum absolute atomic E-state index is 4.53. The van der Waals surface area contributed by atoms with Crippen LogP contribution in [0.4, 0.5) is 0 Å². The maximum atomic E-state index is 4.53. The minimum absolute atomic E-state index is 0.297. The van der Waals surface area contributed by atoms with Crippen molar-refractivity contribution in [3.05, 3.63) is 63.4 Å². The van der Waals surface area contributed by atoms with Crippen LogP contribution in [0.5, 0.6) is 0 Å². The molecule has 1 N–H and O–H groups in total. The zero-order valence-electron chi connectivity index (χ0n) is 12.3. The van der Waals surface area contributed by atoms with E-state index in [1.807, 2.05) is 12.3 Å². The first kappa shape index (κ1) is 15.2. The molecule has 1 heterocycles. The van der Waals surface area contributed by atoms with E-state index in [1.54, 1.807) is 0 Å². The lowest BCUT2D eigenvalue weighted by Gasteiger charge is -2.21. The largest absolute Gasteiger partial charge is 0.310 e. The number of nitrogens with one attached hydrogen (secondary N) is 1. The van der Waals surface area contributed by atoms with Crippen LogP contribution >= 0.6 is 15.9 Å². The molecule has 1 unspecified atom stereocenters. The van der Waals surface area contributed by atoms with Gasteiger partial charge in [-0.05, 0) is 49.2 Å². The predicted molar refractivity (Wildman–Crippen MR) is 88.0 cm³/mol. The monoisotopic (exact) mass is 332 g/mol. The third kappa shape index (κ3) is 3.47. The molecule has 2 aromatic rings. The van der Waals surface area contributed by atoms with Crippen molar-refractivity contribution in [2.45, 2.75) is 33.2 Å². The van der Waals surface area contributed by atoms with Gasteiger partial charge >= 0.3 is 0 Å². The molecular weight excluding hydrogens is 312 g/mol. The molecule has 0 saturated carbocycles. The Morgan fingerprint density at radius 2 is 2.00 bits per heavy atom. The van der Waals surface area contributed by atoms with Crippen LogP contribution in [0.25, 0.3) is 0 Å². The summed E-state index contributed by atoms with van der Waals surface area (Å²) in [6, 6.07) is 10.8. The van der Waals surface area contributed by atoms with Crippen molar-refractivity contribution in [3.63, 3.8) is 0 Å². The Bertz CT molecular complexity index is 581. The molecule has 20 heavy (non-hydrogen) atoms. The van der Waals surface area contributed by atoms with Crippen molar-refractivity contribution in [2.24, 2.45) is 0 Å². The summed E-state index contributed by atoms with van der Waals surface area (Å²) in [6.07, 6.45) is 2.79. The van der Waals surface area contributed by atoms with E-state index in [-0.39, 0.29) is 0 Å². The highest BCUT2D eigenvalue weighted by atomic mass is 79.9. The third-order valence-corrected chi connectivity index (χ3v) is 4.51. The number of halogens is 1. The van der Waals surface area contributed by atoms with E-state index < -0.39 is 0 Å². The van der Waals surface area contributed by atoms with Gasteiger partial charge in [-0.1, -0.05) is 41.1 Å². The summed E-state index contributed by atoms with van der Waals surface area (Å²) in [5.41, 5.74) is 5.05. The quantitative estimate of drug-likeness (QED) is 0.880. The highest BCUT2D eigenvalue weighted by Crippen LogP contribution is 2.27. The molecule has 1 aromatic heterocycles. The minimum atomic E-state index is 0.297. The lowest BCUT2D eigenvalue weighted by Crippen LogP contribution is -2.24. The topological polar surface area (TPSA) is 24.9 Å². The first-order valence-electron chi connectivity index (χ1n) is 7.02. The van der Waals surface area contributed by atoms with E-state index in [2.05, 4.69) is 71.3 Å². The van der Waals surface area contributed by atoms with Crippen LogP contribution in [0.1, 0.15) is 35.3 Å². The zero-order chi connectivity index (χ0) is 14.5. The summed E-state index contributed by atoms with van der Waals surface area (Å²) < 4.78 is 1.16. The molecule has 2 nitrogen and oxygen atoms in total. The Labute approximate surface area is 129 Å². The Hall–Kier alpha value is -1.19. The Balaban J connectivity index is 2.32. The zero-order valence-corrected chi connectivity index (χ0v) is 13.9. The first-order chi connectivity index (χ1) is 9.63. The molecule has 1 aromatic carbocycles. The SMILES string of the molecule is CCNC(Cc1ncccc1C)c1cccc(Br)c1C. The van der Waals surface area contributed by atoms with Crippen molar-refractivity contribution in [3.8, 4) is 0 Å². The van der Waals surface area contributed by atoms with Crippen molar-refractivity contribution >= 4 is 15.9 Å². The second kappa shape index (κ2) is 7.00. The van der Waals surface area contributed by atoms with Crippen LogP contribution in [-0.4, -0.2) is 11.5 Å². The van der Waals surface area contributed by atoms with Crippen LogP contribution in [0.2, 0.25) is 0 Å². The standard InChI is InChI=1S/C17H21BrN2/c1-4-19-17(11-16-12(2)7-6-10-20-16)14-8-5-9-15(18)13(14)3/h5-10,17,19H,4,11H2,1-3H3. The summed E-state index contributed by atoms with van der Waals surface area (Å²) in [7, 11) is 0. The molecule has 0 fully saturated rings. The molecule has 2 rings (SSSR count). The van der Waals surface area contributed by atoms with E-state index in [1.165, 1.54) is 16.7 Å². The lowest BCUT2D eigenvalue weighted by atomic mass is 9.96. The second-order valence-electron chi connectivity index (χ2n) is 5.04. The Morgan fingerprint density at radius 1 is 1.20 bits per heavy atom. The molecule has 3 heteroatoms. The van der Waals surface area contributed by atoms with Gasteiger partial charge in [-0.2, -0.15) is 0 Å². The van der Waals surface area contributed by atoms with E-state index in [0.717, 1.165) is 23.1 Å². The van der Waals surface area contributed by atoms with E-state index in [9.17, 15) is 0 Å². The summed E-state index contributed by atoms with van der Waals surface area (Å²) in [5, 5.41) is 3.58. The highest BCUT2D eigenvalue weighted by molar-refractivity contribution is 9.10.